The van der Waals surface area contributed by atoms with Crippen LogP contribution in [0.15, 0.2) is 42.5 Å². The molecule has 0 saturated carbocycles. The van der Waals surface area contributed by atoms with Crippen molar-refractivity contribution >= 4 is 34.0 Å². The molecule has 0 aliphatic carbocycles. The van der Waals surface area contributed by atoms with E-state index in [1.807, 2.05) is 0 Å². The lowest BCUT2D eigenvalue weighted by Crippen LogP contribution is -2.27. The fourth-order valence-corrected chi connectivity index (χ4v) is 2.94. The summed E-state index contributed by atoms with van der Waals surface area (Å²) < 4.78 is 0. The molecule has 2 rings (SSSR count). The zero-order chi connectivity index (χ0) is 13.0. The summed E-state index contributed by atoms with van der Waals surface area (Å²) in [6.07, 6.45) is 0. The number of nitrogens with zero attached hydrogens (tertiary/aromatic N) is 1. The molecular weight excluding hydrogens is 265 g/mol. The number of benzene rings is 2. The van der Waals surface area contributed by atoms with Crippen LogP contribution in [0.5, 0.6) is 0 Å². The van der Waals surface area contributed by atoms with Gasteiger partial charge in [0.1, 0.15) is 0 Å². The molecule has 0 fully saturated rings. The van der Waals surface area contributed by atoms with Crippen molar-refractivity contribution in [2.24, 2.45) is 0 Å². The molecule has 0 aliphatic heterocycles. The van der Waals surface area contributed by atoms with Gasteiger partial charge < -0.3 is 0 Å². The zero-order valence-corrected chi connectivity index (χ0v) is 12.0. The van der Waals surface area contributed by atoms with Gasteiger partial charge in [0.05, 0.1) is 0 Å². The SMILES string of the molecule is CN(CCCl)C(CCl)c1cccc2ccccc12. The summed E-state index contributed by atoms with van der Waals surface area (Å²) in [4.78, 5) is 2.21. The number of hydrogen-bond donors (Lipinski definition) is 0. The van der Waals surface area contributed by atoms with Gasteiger partial charge >= 0.3 is 0 Å². The first-order chi connectivity index (χ1) is 8.77. The predicted molar refractivity (Wildman–Crippen MR) is 80.8 cm³/mol. The van der Waals surface area contributed by atoms with Crippen molar-refractivity contribution in [1.29, 1.82) is 0 Å². The van der Waals surface area contributed by atoms with Crippen molar-refractivity contribution in [2.75, 3.05) is 25.4 Å². The molecule has 0 radical (unpaired) electrons. The monoisotopic (exact) mass is 281 g/mol. The zero-order valence-electron chi connectivity index (χ0n) is 10.4. The summed E-state index contributed by atoms with van der Waals surface area (Å²) >= 11 is 12.0. The highest BCUT2D eigenvalue weighted by Gasteiger charge is 2.17. The average Bonchev–Trinajstić information content (AvgIpc) is 2.40. The standard InChI is InChI=1S/C15H17Cl2N/c1-18(10-9-16)15(11-17)14-8-4-6-12-5-2-3-7-13(12)14/h2-8,15H,9-11H2,1H3. The van der Waals surface area contributed by atoms with E-state index in [0.29, 0.717) is 11.8 Å². The number of hydrogen-bond acceptors (Lipinski definition) is 1. The van der Waals surface area contributed by atoms with Crippen LogP contribution in [0.2, 0.25) is 0 Å². The van der Waals surface area contributed by atoms with Gasteiger partial charge in [-0.05, 0) is 23.4 Å². The quantitative estimate of drug-likeness (QED) is 0.739. The number of rotatable bonds is 5. The molecule has 1 atom stereocenters. The molecule has 0 heterocycles. The normalized spacial score (nSPS) is 13.1. The van der Waals surface area contributed by atoms with Crippen LogP contribution in [-0.4, -0.2) is 30.3 Å². The van der Waals surface area contributed by atoms with Crippen molar-refractivity contribution in [3.05, 3.63) is 48.0 Å². The molecule has 18 heavy (non-hydrogen) atoms. The van der Waals surface area contributed by atoms with Crippen LogP contribution in [0.3, 0.4) is 0 Å². The van der Waals surface area contributed by atoms with Crippen molar-refractivity contribution in [3.8, 4) is 0 Å². The van der Waals surface area contributed by atoms with Gasteiger partial charge in [-0.1, -0.05) is 42.5 Å². The largest absolute Gasteiger partial charge is 0.297 e. The van der Waals surface area contributed by atoms with Gasteiger partial charge in [-0.2, -0.15) is 0 Å². The van der Waals surface area contributed by atoms with Gasteiger partial charge in [0.25, 0.3) is 0 Å². The lowest BCUT2D eigenvalue weighted by molar-refractivity contribution is 0.282. The second kappa shape index (κ2) is 6.42. The number of halogens is 2. The number of alkyl halides is 2. The van der Waals surface area contributed by atoms with Crippen LogP contribution >= 0.6 is 23.2 Å². The molecule has 0 amide bonds. The molecule has 0 aromatic heterocycles. The molecule has 0 aliphatic rings. The lowest BCUT2D eigenvalue weighted by atomic mass is 9.99. The van der Waals surface area contributed by atoms with Crippen LogP contribution in [0.25, 0.3) is 10.8 Å². The minimum absolute atomic E-state index is 0.205. The second-order valence-electron chi connectivity index (χ2n) is 4.41. The van der Waals surface area contributed by atoms with E-state index in [2.05, 4.69) is 54.4 Å². The van der Waals surface area contributed by atoms with E-state index in [-0.39, 0.29) is 6.04 Å². The van der Waals surface area contributed by atoms with E-state index in [9.17, 15) is 0 Å². The van der Waals surface area contributed by atoms with Gasteiger partial charge in [-0.25, -0.2) is 0 Å². The van der Waals surface area contributed by atoms with Crippen molar-refractivity contribution < 1.29 is 0 Å². The highest BCUT2D eigenvalue weighted by atomic mass is 35.5. The summed E-state index contributed by atoms with van der Waals surface area (Å²) in [5.74, 6) is 1.19. The van der Waals surface area contributed by atoms with Crippen LogP contribution in [-0.2, 0) is 0 Å². The lowest BCUT2D eigenvalue weighted by Gasteiger charge is -2.27. The summed E-state index contributed by atoms with van der Waals surface area (Å²) in [6.45, 7) is 0.835. The minimum atomic E-state index is 0.205. The summed E-state index contributed by atoms with van der Waals surface area (Å²) in [5, 5.41) is 2.52. The van der Waals surface area contributed by atoms with Gasteiger partial charge in [-0.3, -0.25) is 4.90 Å². The van der Waals surface area contributed by atoms with Crippen LogP contribution < -0.4 is 0 Å². The Kier molecular flexibility index (Phi) is 4.87. The molecule has 0 bridgehead atoms. The van der Waals surface area contributed by atoms with Crippen LogP contribution in [0.1, 0.15) is 11.6 Å². The van der Waals surface area contributed by atoms with Gasteiger partial charge in [0.2, 0.25) is 0 Å². The molecule has 96 valence electrons. The fraction of sp³-hybridized carbons (Fsp3) is 0.333. The summed E-state index contributed by atoms with van der Waals surface area (Å²) in [7, 11) is 2.07. The Morgan fingerprint density at radius 2 is 1.78 bits per heavy atom. The smallest absolute Gasteiger partial charge is 0.0487 e. The van der Waals surface area contributed by atoms with E-state index >= 15 is 0 Å². The van der Waals surface area contributed by atoms with Crippen LogP contribution in [0.4, 0.5) is 0 Å². The first-order valence-corrected chi connectivity index (χ1v) is 7.14. The van der Waals surface area contributed by atoms with E-state index in [4.69, 9.17) is 23.2 Å². The molecule has 0 N–H and O–H groups in total. The van der Waals surface area contributed by atoms with Crippen LogP contribution in [0, 0.1) is 0 Å². The topological polar surface area (TPSA) is 3.24 Å². The molecule has 1 nitrogen and oxygen atoms in total. The number of fused-ring (bicyclic) bond motifs is 1. The Bertz CT molecular complexity index is 507. The third-order valence-corrected chi connectivity index (χ3v) is 3.76. The van der Waals surface area contributed by atoms with Gasteiger partial charge in [0, 0.05) is 24.3 Å². The Morgan fingerprint density at radius 3 is 2.50 bits per heavy atom. The maximum Gasteiger partial charge on any atom is 0.0487 e. The molecule has 0 spiro atoms. The van der Waals surface area contributed by atoms with Crippen molar-refractivity contribution in [2.45, 2.75) is 6.04 Å². The third kappa shape index (κ3) is 2.80. The second-order valence-corrected chi connectivity index (χ2v) is 5.09. The van der Waals surface area contributed by atoms with E-state index in [0.717, 1.165) is 6.54 Å². The van der Waals surface area contributed by atoms with Gasteiger partial charge in [0.15, 0.2) is 0 Å². The molecule has 2 aromatic rings. The Morgan fingerprint density at radius 1 is 1.06 bits per heavy atom. The van der Waals surface area contributed by atoms with Gasteiger partial charge in [-0.15, -0.1) is 23.2 Å². The Hall–Kier alpha value is -0.760. The first-order valence-electron chi connectivity index (χ1n) is 6.07. The predicted octanol–water partition coefficient (Wildman–Crippen LogP) is 4.29. The first kappa shape index (κ1) is 13.7. The minimum Gasteiger partial charge on any atom is -0.297 e. The fourth-order valence-electron chi connectivity index (χ4n) is 2.27. The highest BCUT2D eigenvalue weighted by Crippen LogP contribution is 2.28. The van der Waals surface area contributed by atoms with E-state index < -0.39 is 0 Å². The van der Waals surface area contributed by atoms with Crippen molar-refractivity contribution in [3.63, 3.8) is 0 Å². The maximum absolute atomic E-state index is 6.15. The Labute approximate surface area is 118 Å². The Balaban J connectivity index is 2.44. The van der Waals surface area contributed by atoms with E-state index in [1.165, 1.54) is 16.3 Å². The van der Waals surface area contributed by atoms with E-state index in [1.54, 1.807) is 0 Å². The average molecular weight is 282 g/mol. The summed E-state index contributed by atoms with van der Waals surface area (Å²) in [6, 6.07) is 15.0. The van der Waals surface area contributed by atoms with Crippen molar-refractivity contribution in [1.82, 2.24) is 4.90 Å². The highest BCUT2D eigenvalue weighted by molar-refractivity contribution is 6.18. The summed E-state index contributed by atoms with van der Waals surface area (Å²) in [5.41, 5.74) is 1.27. The molecule has 1 unspecified atom stereocenters. The third-order valence-electron chi connectivity index (χ3n) is 3.30. The molecule has 0 saturated heterocycles. The maximum atomic E-state index is 6.15. The molecule has 2 aromatic carbocycles. The molecule has 3 heteroatoms. The molecular formula is C15H17Cl2N.